The molecule has 0 aliphatic carbocycles. The number of nitrogens with zero attached hydrogens (tertiary/aromatic N) is 2. The second kappa shape index (κ2) is 12.2. The van der Waals surface area contributed by atoms with E-state index in [4.69, 9.17) is 28.4 Å². The van der Waals surface area contributed by atoms with Gasteiger partial charge in [0.2, 0.25) is 5.91 Å². The first-order valence-corrected chi connectivity index (χ1v) is 13.1. The van der Waals surface area contributed by atoms with Gasteiger partial charge in [0, 0.05) is 48.4 Å². The third-order valence-corrected chi connectivity index (χ3v) is 7.17. The molecule has 9 nitrogen and oxygen atoms in total. The summed E-state index contributed by atoms with van der Waals surface area (Å²) in [5.41, 5.74) is 9.82. The molecule has 1 unspecified atom stereocenters. The first-order chi connectivity index (χ1) is 18.9. The molecule has 1 saturated heterocycles. The average molecular weight is 577 g/mol. The third kappa shape index (κ3) is 6.90. The van der Waals surface area contributed by atoms with E-state index in [9.17, 15) is 23.1 Å². The number of anilines is 1. The number of aromatic nitrogens is 2. The number of rotatable bonds is 9. The number of fused-ring (bicyclic) bond motifs is 1. The average Bonchev–Trinajstić information content (AvgIpc) is 2.93. The van der Waals surface area contributed by atoms with E-state index in [1.54, 1.807) is 17.2 Å². The fraction of sp³-hybridized carbons (Fsp3) is 0.370. The van der Waals surface area contributed by atoms with Gasteiger partial charge in [-0.2, -0.15) is 13.2 Å². The molecular formula is C27H31F3N6O3S. The number of amides is 1. The number of pyridine rings is 2. The zero-order chi connectivity index (χ0) is 29.0. The molecule has 3 heterocycles. The van der Waals surface area contributed by atoms with Crippen LogP contribution in [0.15, 0.2) is 48.2 Å². The highest BCUT2D eigenvalue weighted by atomic mass is 32.1. The summed E-state index contributed by atoms with van der Waals surface area (Å²) < 4.78 is 47.4. The van der Waals surface area contributed by atoms with E-state index in [1.807, 2.05) is 24.3 Å². The molecule has 0 radical (unpaired) electrons. The molecule has 1 amide bonds. The van der Waals surface area contributed by atoms with Crippen LogP contribution in [0.25, 0.3) is 16.6 Å². The van der Waals surface area contributed by atoms with Crippen molar-refractivity contribution < 1.29 is 27.8 Å². The Balaban J connectivity index is 1.34. The summed E-state index contributed by atoms with van der Waals surface area (Å²) in [7, 11) is 0. The molecule has 3 aromatic rings. The number of nitrogens with one attached hydrogen (secondary N) is 2. The number of aliphatic hydroxyl groups is 1. The maximum Gasteiger partial charge on any atom is 0.417 e. The van der Waals surface area contributed by atoms with Crippen LogP contribution < -0.4 is 26.4 Å². The number of primary amides is 1. The Morgan fingerprint density at radius 2 is 2.00 bits per heavy atom. The number of hydrogen-bond acceptors (Lipinski definition) is 8. The van der Waals surface area contributed by atoms with Gasteiger partial charge in [-0.1, -0.05) is 18.3 Å². The fourth-order valence-electron chi connectivity index (χ4n) is 4.55. The van der Waals surface area contributed by atoms with E-state index in [0.29, 0.717) is 38.2 Å². The molecule has 1 aromatic carbocycles. The van der Waals surface area contributed by atoms with E-state index in [1.165, 1.54) is 6.92 Å². The number of hydrogen-bond donors (Lipinski definition) is 5. The topological polar surface area (TPSA) is 143 Å². The van der Waals surface area contributed by atoms with Crippen molar-refractivity contribution in [2.75, 3.05) is 31.1 Å². The Bertz CT molecular complexity index is 1470. The zero-order valence-electron chi connectivity index (χ0n) is 21.8. The van der Waals surface area contributed by atoms with Crippen molar-refractivity contribution in [1.82, 2.24) is 15.3 Å². The minimum absolute atomic E-state index is 0.0683. The molecule has 1 fully saturated rings. The summed E-state index contributed by atoms with van der Waals surface area (Å²) in [4.78, 5) is 20.4. The van der Waals surface area contributed by atoms with Crippen molar-refractivity contribution in [1.29, 1.82) is 0 Å². The van der Waals surface area contributed by atoms with Crippen molar-refractivity contribution in [3.8, 4) is 5.75 Å². The molecule has 0 spiro atoms. The van der Waals surface area contributed by atoms with Crippen LogP contribution in [0, 0.1) is 4.64 Å². The van der Waals surface area contributed by atoms with Gasteiger partial charge >= 0.3 is 6.18 Å². The number of aromatic amines is 1. The van der Waals surface area contributed by atoms with Crippen molar-refractivity contribution in [2.24, 2.45) is 11.5 Å². The summed E-state index contributed by atoms with van der Waals surface area (Å²) in [6, 6.07) is 10.3. The summed E-state index contributed by atoms with van der Waals surface area (Å²) in [6.07, 6.45) is -2.51. The SMILES string of the molecule is C/C(C(N)=O)=C(/N)c1c(C(F)(F)F)cc(N2CCC(NCC(O)COc3ccc4ncccc4c3)CC2)[nH]c1=S. The van der Waals surface area contributed by atoms with E-state index in [-0.39, 0.29) is 28.7 Å². The normalized spacial score (nSPS) is 16.1. The molecule has 7 N–H and O–H groups in total. The fourth-order valence-corrected chi connectivity index (χ4v) is 4.87. The van der Waals surface area contributed by atoms with Gasteiger partial charge in [0.1, 0.15) is 28.9 Å². The van der Waals surface area contributed by atoms with Crippen molar-refractivity contribution in [3.05, 3.63) is 63.9 Å². The van der Waals surface area contributed by atoms with Gasteiger partial charge in [-0.25, -0.2) is 0 Å². The van der Waals surface area contributed by atoms with Gasteiger partial charge in [0.05, 0.1) is 16.8 Å². The van der Waals surface area contributed by atoms with Crippen molar-refractivity contribution in [2.45, 2.75) is 38.1 Å². The summed E-state index contributed by atoms with van der Waals surface area (Å²) in [5.74, 6) is -0.0823. The third-order valence-electron chi connectivity index (χ3n) is 6.86. The molecule has 1 atom stereocenters. The zero-order valence-corrected chi connectivity index (χ0v) is 22.6. The lowest BCUT2D eigenvalue weighted by molar-refractivity contribution is -0.137. The van der Waals surface area contributed by atoms with Gasteiger partial charge in [0.25, 0.3) is 0 Å². The number of alkyl halides is 3. The molecule has 13 heteroatoms. The number of benzene rings is 1. The van der Waals surface area contributed by atoms with Gasteiger partial charge in [-0.05, 0) is 50.1 Å². The second-order valence-electron chi connectivity index (χ2n) is 9.67. The van der Waals surface area contributed by atoms with Crippen LogP contribution in [0.1, 0.15) is 30.9 Å². The minimum atomic E-state index is -4.75. The van der Waals surface area contributed by atoms with Crippen LogP contribution in [0.2, 0.25) is 0 Å². The van der Waals surface area contributed by atoms with Crippen LogP contribution in [-0.4, -0.2) is 59.4 Å². The molecule has 214 valence electrons. The first-order valence-electron chi connectivity index (χ1n) is 12.7. The number of ether oxygens (including phenoxy) is 1. The Kier molecular flexibility index (Phi) is 8.96. The van der Waals surface area contributed by atoms with Crippen molar-refractivity contribution >= 4 is 40.5 Å². The lowest BCUT2D eigenvalue weighted by Gasteiger charge is -2.34. The summed E-state index contributed by atoms with van der Waals surface area (Å²) in [6.45, 7) is 2.59. The largest absolute Gasteiger partial charge is 0.491 e. The number of H-pyrrole nitrogens is 1. The van der Waals surface area contributed by atoms with Crippen LogP contribution >= 0.6 is 12.2 Å². The highest BCUT2D eigenvalue weighted by molar-refractivity contribution is 7.71. The van der Waals surface area contributed by atoms with Crippen LogP contribution in [0.3, 0.4) is 0 Å². The maximum atomic E-state index is 14.0. The number of nitrogens with two attached hydrogens (primary N) is 2. The standard InChI is InChI=1S/C27H31F3N6O3S/c1-15(25(32)38)24(31)23-20(27(28,29)30)12-22(35-26(23)40)36-9-6-17(7-10-36)34-13-18(37)14-39-19-4-5-21-16(11-19)3-2-8-33-21/h2-5,8,11-12,17-18,34,37H,6-7,9-10,13-14,31H2,1H3,(H2,32,38)(H,35,40)/b24-15-. The monoisotopic (exact) mass is 576 g/mol. The number of halogens is 3. The van der Waals surface area contributed by atoms with E-state index in [0.717, 1.165) is 17.0 Å². The van der Waals surface area contributed by atoms with Gasteiger partial charge in [-0.3, -0.25) is 9.78 Å². The van der Waals surface area contributed by atoms with E-state index < -0.39 is 35.0 Å². The molecule has 2 aromatic heterocycles. The van der Waals surface area contributed by atoms with Gasteiger partial charge in [-0.15, -0.1) is 0 Å². The highest BCUT2D eigenvalue weighted by Gasteiger charge is 2.36. The maximum absolute atomic E-state index is 14.0. The lowest BCUT2D eigenvalue weighted by Crippen LogP contribution is -2.45. The number of carbonyl (C=O) groups is 1. The molecule has 0 bridgehead atoms. The molecular weight excluding hydrogens is 545 g/mol. The van der Waals surface area contributed by atoms with Gasteiger partial charge < -0.3 is 36.5 Å². The van der Waals surface area contributed by atoms with Crippen LogP contribution in [-0.2, 0) is 11.0 Å². The predicted molar refractivity (Wildman–Crippen MR) is 149 cm³/mol. The number of aliphatic hydroxyl groups excluding tert-OH is 1. The van der Waals surface area contributed by atoms with Crippen molar-refractivity contribution in [3.63, 3.8) is 0 Å². The second-order valence-corrected chi connectivity index (χ2v) is 10.1. The quantitative estimate of drug-likeness (QED) is 0.193. The summed E-state index contributed by atoms with van der Waals surface area (Å²) in [5, 5.41) is 14.6. The van der Waals surface area contributed by atoms with E-state index in [2.05, 4.69) is 15.3 Å². The molecule has 1 aliphatic rings. The van der Waals surface area contributed by atoms with Gasteiger partial charge in [0.15, 0.2) is 0 Å². The van der Waals surface area contributed by atoms with Crippen LogP contribution in [0.5, 0.6) is 5.75 Å². The molecule has 4 rings (SSSR count). The Morgan fingerprint density at radius 1 is 1.27 bits per heavy atom. The Morgan fingerprint density at radius 3 is 2.67 bits per heavy atom. The highest BCUT2D eigenvalue weighted by Crippen LogP contribution is 2.37. The Labute approximate surface area is 234 Å². The van der Waals surface area contributed by atoms with E-state index >= 15 is 0 Å². The number of piperidine rings is 1. The molecule has 0 saturated carbocycles. The number of carbonyl (C=O) groups excluding carboxylic acids is 1. The first kappa shape index (κ1) is 29.3. The lowest BCUT2D eigenvalue weighted by atomic mass is 10.0. The molecule has 40 heavy (non-hydrogen) atoms. The molecule has 1 aliphatic heterocycles. The minimum Gasteiger partial charge on any atom is -0.491 e. The Hall–Kier alpha value is -3.68. The summed E-state index contributed by atoms with van der Waals surface area (Å²) >= 11 is 5.22. The predicted octanol–water partition coefficient (Wildman–Crippen LogP) is 3.48. The smallest absolute Gasteiger partial charge is 0.417 e. The van der Waals surface area contributed by atoms with Crippen LogP contribution in [0.4, 0.5) is 19.0 Å².